The average molecular weight is 244 g/mol. The minimum Gasteiger partial charge on any atom is -0.504 e. The molecule has 0 bridgehead atoms. The number of fused-ring (bicyclic) bond motifs is 1. The molecular formula is C13H8O5. The molecule has 5 nitrogen and oxygen atoms in total. The number of aromatic hydroxyl groups is 2. The van der Waals surface area contributed by atoms with Gasteiger partial charge in [0.25, 0.3) is 0 Å². The zero-order valence-electron chi connectivity index (χ0n) is 9.08. The van der Waals surface area contributed by atoms with E-state index in [0.717, 1.165) is 0 Å². The lowest BCUT2D eigenvalue weighted by Gasteiger charge is -2.04. The van der Waals surface area contributed by atoms with Crippen molar-refractivity contribution in [2.24, 2.45) is 0 Å². The summed E-state index contributed by atoms with van der Waals surface area (Å²) in [7, 11) is 0. The van der Waals surface area contributed by atoms with Crippen molar-refractivity contribution in [3.8, 4) is 22.8 Å². The molecule has 0 saturated carbocycles. The Hall–Kier alpha value is -2.69. The fraction of sp³-hybridized carbons (Fsp3) is 0. The summed E-state index contributed by atoms with van der Waals surface area (Å²) in [6.07, 6.45) is 1.48. The van der Waals surface area contributed by atoms with Gasteiger partial charge in [0, 0.05) is 23.1 Å². The molecule has 3 rings (SSSR count). The Balaban J connectivity index is 2.44. The van der Waals surface area contributed by atoms with Gasteiger partial charge in [-0.25, -0.2) is 4.79 Å². The predicted molar refractivity (Wildman–Crippen MR) is 63.5 cm³/mol. The number of hydrogen-bond donors (Lipinski definition) is 2. The summed E-state index contributed by atoms with van der Waals surface area (Å²) in [5, 5.41) is 19.4. The van der Waals surface area contributed by atoms with Crippen molar-refractivity contribution in [3.63, 3.8) is 0 Å². The normalized spacial score (nSPS) is 10.9. The van der Waals surface area contributed by atoms with Crippen LogP contribution in [0.3, 0.4) is 0 Å². The summed E-state index contributed by atoms with van der Waals surface area (Å²) in [5.41, 5.74) is 0.129. The van der Waals surface area contributed by atoms with Gasteiger partial charge in [0.05, 0.1) is 6.26 Å². The first-order valence-electron chi connectivity index (χ1n) is 5.19. The van der Waals surface area contributed by atoms with E-state index in [1.165, 1.54) is 24.5 Å². The van der Waals surface area contributed by atoms with Crippen molar-refractivity contribution in [3.05, 3.63) is 47.0 Å². The molecule has 2 N–H and O–H groups in total. The standard InChI is InChI=1S/C13H8O5/c14-9-4-7-8(11-2-1-3-17-11)5-13(16)18-12(7)6-10(9)15/h1-6,14-15H. The number of furan rings is 1. The van der Waals surface area contributed by atoms with Crippen LogP contribution < -0.4 is 5.63 Å². The van der Waals surface area contributed by atoms with E-state index in [-0.39, 0.29) is 17.1 Å². The fourth-order valence-corrected chi connectivity index (χ4v) is 1.82. The van der Waals surface area contributed by atoms with Gasteiger partial charge < -0.3 is 19.0 Å². The van der Waals surface area contributed by atoms with E-state index >= 15 is 0 Å². The van der Waals surface area contributed by atoms with Gasteiger partial charge in [-0.05, 0) is 18.2 Å². The van der Waals surface area contributed by atoms with E-state index in [0.29, 0.717) is 16.7 Å². The van der Waals surface area contributed by atoms with Gasteiger partial charge in [-0.3, -0.25) is 0 Å². The van der Waals surface area contributed by atoms with E-state index in [4.69, 9.17) is 8.83 Å². The number of rotatable bonds is 1. The molecular weight excluding hydrogens is 236 g/mol. The molecule has 3 aromatic rings. The minimum absolute atomic E-state index is 0.184. The van der Waals surface area contributed by atoms with Crippen LogP contribution in [0.15, 0.2) is 50.2 Å². The van der Waals surface area contributed by atoms with Gasteiger partial charge in [0.2, 0.25) is 0 Å². The van der Waals surface area contributed by atoms with Crippen LogP contribution in [0.5, 0.6) is 11.5 Å². The van der Waals surface area contributed by atoms with Crippen LogP contribution in [0.25, 0.3) is 22.3 Å². The highest BCUT2D eigenvalue weighted by atomic mass is 16.4. The third kappa shape index (κ3) is 1.53. The smallest absolute Gasteiger partial charge is 0.336 e. The molecule has 0 fully saturated rings. The lowest BCUT2D eigenvalue weighted by Crippen LogP contribution is -1.97. The summed E-state index contributed by atoms with van der Waals surface area (Å²) < 4.78 is 10.2. The molecule has 2 aromatic heterocycles. The first-order chi connectivity index (χ1) is 8.65. The molecule has 0 aliphatic rings. The van der Waals surface area contributed by atoms with Crippen LogP contribution >= 0.6 is 0 Å². The molecule has 18 heavy (non-hydrogen) atoms. The summed E-state index contributed by atoms with van der Waals surface area (Å²) in [6.45, 7) is 0. The minimum atomic E-state index is -0.556. The largest absolute Gasteiger partial charge is 0.504 e. The Morgan fingerprint density at radius 2 is 1.83 bits per heavy atom. The van der Waals surface area contributed by atoms with Gasteiger partial charge in [0.15, 0.2) is 11.5 Å². The molecule has 0 amide bonds. The van der Waals surface area contributed by atoms with Crippen LogP contribution in [-0.2, 0) is 0 Å². The number of phenols is 2. The summed E-state index contributed by atoms with van der Waals surface area (Å²) in [5.74, 6) is -0.149. The maximum atomic E-state index is 11.4. The second kappa shape index (κ2) is 3.66. The molecule has 0 spiro atoms. The van der Waals surface area contributed by atoms with Crippen molar-refractivity contribution in [1.82, 2.24) is 0 Å². The van der Waals surface area contributed by atoms with Gasteiger partial charge in [-0.2, -0.15) is 0 Å². The highest BCUT2D eigenvalue weighted by molar-refractivity contribution is 5.93. The third-order valence-electron chi connectivity index (χ3n) is 2.63. The molecule has 1 aromatic carbocycles. The monoisotopic (exact) mass is 244 g/mol. The SMILES string of the molecule is O=c1cc(-c2ccco2)c2cc(O)c(O)cc2o1. The quantitative estimate of drug-likeness (QED) is 0.507. The van der Waals surface area contributed by atoms with Crippen molar-refractivity contribution >= 4 is 11.0 Å². The molecule has 0 atom stereocenters. The Bertz CT molecular complexity index is 768. The lowest BCUT2D eigenvalue weighted by molar-refractivity contribution is 0.403. The molecule has 5 heteroatoms. The first kappa shape index (κ1) is 10.5. The molecule has 0 saturated heterocycles. The lowest BCUT2D eigenvalue weighted by atomic mass is 10.1. The Kier molecular flexibility index (Phi) is 2.13. The Morgan fingerprint density at radius 3 is 2.56 bits per heavy atom. The topological polar surface area (TPSA) is 83.8 Å². The second-order valence-electron chi connectivity index (χ2n) is 3.79. The highest BCUT2D eigenvalue weighted by Crippen LogP contribution is 2.34. The van der Waals surface area contributed by atoms with Gasteiger partial charge in [-0.15, -0.1) is 0 Å². The number of phenolic OH excluding ortho intramolecular Hbond substituents is 2. The molecule has 0 unspecified atom stereocenters. The number of hydrogen-bond acceptors (Lipinski definition) is 5. The molecule has 0 radical (unpaired) electrons. The third-order valence-corrected chi connectivity index (χ3v) is 2.63. The summed E-state index contributed by atoms with van der Waals surface area (Å²) in [6, 6.07) is 7.18. The summed E-state index contributed by atoms with van der Waals surface area (Å²) in [4.78, 5) is 11.4. The average Bonchev–Trinajstić information content (AvgIpc) is 2.84. The van der Waals surface area contributed by atoms with Crippen molar-refractivity contribution in [2.45, 2.75) is 0 Å². The van der Waals surface area contributed by atoms with Gasteiger partial charge in [-0.1, -0.05) is 0 Å². The van der Waals surface area contributed by atoms with E-state index < -0.39 is 5.63 Å². The second-order valence-corrected chi connectivity index (χ2v) is 3.79. The highest BCUT2D eigenvalue weighted by Gasteiger charge is 2.12. The molecule has 0 aliphatic carbocycles. The Labute approximate surface area is 101 Å². The van der Waals surface area contributed by atoms with Crippen molar-refractivity contribution in [2.75, 3.05) is 0 Å². The van der Waals surface area contributed by atoms with E-state index in [1.54, 1.807) is 12.1 Å². The van der Waals surface area contributed by atoms with Gasteiger partial charge in [0.1, 0.15) is 11.3 Å². The van der Waals surface area contributed by atoms with Crippen molar-refractivity contribution < 1.29 is 19.0 Å². The fourth-order valence-electron chi connectivity index (χ4n) is 1.82. The molecule has 90 valence electrons. The zero-order chi connectivity index (χ0) is 12.7. The van der Waals surface area contributed by atoms with E-state index in [1.807, 2.05) is 0 Å². The molecule has 2 heterocycles. The number of benzene rings is 1. The van der Waals surface area contributed by atoms with Crippen LogP contribution in [0.1, 0.15) is 0 Å². The van der Waals surface area contributed by atoms with E-state index in [2.05, 4.69) is 0 Å². The van der Waals surface area contributed by atoms with Crippen LogP contribution in [0.2, 0.25) is 0 Å². The van der Waals surface area contributed by atoms with Crippen LogP contribution in [0.4, 0.5) is 0 Å². The van der Waals surface area contributed by atoms with Crippen molar-refractivity contribution in [1.29, 1.82) is 0 Å². The zero-order valence-corrected chi connectivity index (χ0v) is 9.08. The first-order valence-corrected chi connectivity index (χ1v) is 5.19. The maximum absolute atomic E-state index is 11.4. The maximum Gasteiger partial charge on any atom is 0.336 e. The summed E-state index contributed by atoms with van der Waals surface area (Å²) >= 11 is 0. The molecule has 0 aliphatic heterocycles. The predicted octanol–water partition coefficient (Wildman–Crippen LogP) is 2.46. The van der Waals surface area contributed by atoms with Gasteiger partial charge >= 0.3 is 5.63 Å². The van der Waals surface area contributed by atoms with E-state index in [9.17, 15) is 15.0 Å². The van der Waals surface area contributed by atoms with Crippen LogP contribution in [0, 0.1) is 0 Å². The van der Waals surface area contributed by atoms with Crippen LogP contribution in [-0.4, -0.2) is 10.2 Å². The Morgan fingerprint density at radius 1 is 1.06 bits per heavy atom.